The number of anilines is 2. The first-order valence-corrected chi connectivity index (χ1v) is 11.4. The maximum absolute atomic E-state index is 12.7. The first kappa shape index (κ1) is 20.7. The number of nitrogens with one attached hydrogen (secondary N) is 2. The number of fused-ring (bicyclic) bond motifs is 2. The van der Waals surface area contributed by atoms with E-state index in [1.165, 1.54) is 5.56 Å². The number of aromatic amines is 1. The number of morpholine rings is 1. The van der Waals surface area contributed by atoms with Gasteiger partial charge in [-0.1, -0.05) is 6.07 Å². The number of rotatable bonds is 5. The third-order valence-corrected chi connectivity index (χ3v) is 6.26. The van der Waals surface area contributed by atoms with Crippen molar-refractivity contribution in [3.8, 4) is 11.3 Å². The summed E-state index contributed by atoms with van der Waals surface area (Å²) in [5.41, 5.74) is 5.76. The number of aliphatic imine (C=N–C) groups is 1. The molecule has 0 saturated carbocycles. The molecule has 3 aromatic heterocycles. The molecule has 8 nitrogen and oxygen atoms in total. The average molecular weight is 453 g/mol. The molecule has 5 heterocycles. The van der Waals surface area contributed by atoms with Gasteiger partial charge < -0.3 is 15.0 Å². The normalized spacial score (nSPS) is 15.5. The second-order valence-corrected chi connectivity index (χ2v) is 8.61. The molecule has 2 aliphatic heterocycles. The van der Waals surface area contributed by atoms with Gasteiger partial charge in [0.2, 0.25) is 0 Å². The predicted octanol–water partition coefficient (Wildman–Crippen LogP) is 3.49. The Morgan fingerprint density at radius 3 is 2.91 bits per heavy atom. The number of hydrogen-bond donors (Lipinski definition) is 2. The molecule has 34 heavy (non-hydrogen) atoms. The topological polar surface area (TPSA) is 95.5 Å². The van der Waals surface area contributed by atoms with Crippen molar-refractivity contribution in [1.82, 2.24) is 19.9 Å². The molecule has 6 rings (SSSR count). The van der Waals surface area contributed by atoms with Crippen LogP contribution in [0.2, 0.25) is 0 Å². The maximum Gasteiger partial charge on any atom is 0.259 e. The molecule has 0 atom stereocenters. The van der Waals surface area contributed by atoms with Crippen molar-refractivity contribution in [2.24, 2.45) is 4.99 Å². The lowest BCUT2D eigenvalue weighted by Crippen LogP contribution is -2.35. The number of pyridine rings is 3. The molecule has 0 spiro atoms. The zero-order valence-corrected chi connectivity index (χ0v) is 18.6. The summed E-state index contributed by atoms with van der Waals surface area (Å²) in [6.07, 6.45) is 7.26. The summed E-state index contributed by atoms with van der Waals surface area (Å²) in [7, 11) is 0. The fourth-order valence-electron chi connectivity index (χ4n) is 4.50. The Kier molecular flexibility index (Phi) is 5.37. The van der Waals surface area contributed by atoms with Gasteiger partial charge in [-0.15, -0.1) is 0 Å². The maximum atomic E-state index is 12.7. The molecular formula is C26H24N6O2. The summed E-state index contributed by atoms with van der Waals surface area (Å²) in [5.74, 6) is 0.516. The fraction of sp³-hybridized carbons (Fsp3) is 0.231. The van der Waals surface area contributed by atoms with Crippen LogP contribution in [0.15, 0.2) is 64.8 Å². The van der Waals surface area contributed by atoms with Crippen molar-refractivity contribution in [2.45, 2.75) is 13.1 Å². The minimum atomic E-state index is -0.180. The SMILES string of the molecule is O=c1[nH]ccc2cc(-c3cncc(CN4CCOCC4)c3)nc(Nc3ccc4c(c3)C=NC4)c12. The lowest BCUT2D eigenvalue weighted by atomic mass is 10.1. The first-order valence-electron chi connectivity index (χ1n) is 11.4. The molecular weight excluding hydrogens is 428 g/mol. The van der Waals surface area contributed by atoms with E-state index in [2.05, 4.69) is 37.3 Å². The van der Waals surface area contributed by atoms with Gasteiger partial charge in [-0.25, -0.2) is 4.98 Å². The van der Waals surface area contributed by atoms with E-state index in [0.29, 0.717) is 17.7 Å². The van der Waals surface area contributed by atoms with Crippen molar-refractivity contribution in [1.29, 1.82) is 0 Å². The Morgan fingerprint density at radius 1 is 1.09 bits per heavy atom. The third-order valence-electron chi connectivity index (χ3n) is 6.26. The van der Waals surface area contributed by atoms with Crippen LogP contribution in [0.1, 0.15) is 16.7 Å². The molecule has 2 N–H and O–H groups in total. The van der Waals surface area contributed by atoms with Gasteiger partial charge >= 0.3 is 0 Å². The van der Waals surface area contributed by atoms with Crippen LogP contribution in [0.5, 0.6) is 0 Å². The standard InChI is InChI=1S/C26H24N6O2/c33-26-24-18(3-4-29-26)11-23(21-9-17(12-27-15-21)16-32-5-7-34-8-6-32)31-25(24)30-22-2-1-19-13-28-14-20(19)10-22/h1-4,9-12,14-15H,5-8,13,16H2,(H,29,33)(H,30,31). The largest absolute Gasteiger partial charge is 0.379 e. The van der Waals surface area contributed by atoms with E-state index in [4.69, 9.17) is 9.72 Å². The summed E-state index contributed by atoms with van der Waals surface area (Å²) in [4.78, 5) is 31.5. The van der Waals surface area contributed by atoms with Gasteiger partial charge in [-0.3, -0.25) is 19.7 Å². The fourth-order valence-corrected chi connectivity index (χ4v) is 4.50. The summed E-state index contributed by atoms with van der Waals surface area (Å²) < 4.78 is 5.46. The third kappa shape index (κ3) is 4.09. The van der Waals surface area contributed by atoms with Crippen LogP contribution in [-0.4, -0.2) is 52.4 Å². The van der Waals surface area contributed by atoms with E-state index < -0.39 is 0 Å². The molecule has 1 fully saturated rings. The van der Waals surface area contributed by atoms with Crippen molar-refractivity contribution in [3.63, 3.8) is 0 Å². The van der Waals surface area contributed by atoms with Gasteiger partial charge in [0.15, 0.2) is 0 Å². The van der Waals surface area contributed by atoms with Crippen LogP contribution in [0.3, 0.4) is 0 Å². The lowest BCUT2D eigenvalue weighted by molar-refractivity contribution is 0.0341. The van der Waals surface area contributed by atoms with Crippen LogP contribution in [0, 0.1) is 0 Å². The molecule has 2 aliphatic rings. The summed E-state index contributed by atoms with van der Waals surface area (Å²) in [6, 6.07) is 12.1. The van der Waals surface area contributed by atoms with Gasteiger partial charge in [0.1, 0.15) is 5.82 Å². The molecule has 0 amide bonds. The molecule has 1 saturated heterocycles. The Balaban J connectivity index is 1.39. The number of nitrogens with zero attached hydrogens (tertiary/aromatic N) is 4. The second kappa shape index (κ2) is 8.81. The second-order valence-electron chi connectivity index (χ2n) is 8.61. The zero-order chi connectivity index (χ0) is 22.9. The lowest BCUT2D eigenvalue weighted by Gasteiger charge is -2.26. The molecule has 8 heteroatoms. The summed E-state index contributed by atoms with van der Waals surface area (Å²) >= 11 is 0. The van der Waals surface area contributed by atoms with Crippen LogP contribution < -0.4 is 10.9 Å². The van der Waals surface area contributed by atoms with Crippen LogP contribution >= 0.6 is 0 Å². The molecule has 0 bridgehead atoms. The number of aromatic nitrogens is 3. The highest BCUT2D eigenvalue weighted by Crippen LogP contribution is 2.29. The summed E-state index contributed by atoms with van der Waals surface area (Å²) in [6.45, 7) is 4.88. The number of hydrogen-bond acceptors (Lipinski definition) is 7. The minimum absolute atomic E-state index is 0.180. The molecule has 4 aromatic rings. The molecule has 170 valence electrons. The highest BCUT2D eigenvalue weighted by Gasteiger charge is 2.15. The first-order chi connectivity index (χ1) is 16.7. The molecule has 0 radical (unpaired) electrons. The van der Waals surface area contributed by atoms with Crippen LogP contribution in [-0.2, 0) is 17.8 Å². The summed E-state index contributed by atoms with van der Waals surface area (Å²) in [5, 5.41) is 4.72. The van der Waals surface area contributed by atoms with Gasteiger partial charge in [-0.2, -0.15) is 0 Å². The number of benzene rings is 1. The monoisotopic (exact) mass is 452 g/mol. The van der Waals surface area contributed by atoms with Gasteiger partial charge in [-0.05, 0) is 52.4 Å². The van der Waals surface area contributed by atoms with E-state index in [0.717, 1.165) is 66.3 Å². The smallest absolute Gasteiger partial charge is 0.259 e. The minimum Gasteiger partial charge on any atom is -0.379 e. The Hall–Kier alpha value is -3.88. The van der Waals surface area contributed by atoms with Crippen molar-refractivity contribution >= 4 is 28.5 Å². The van der Waals surface area contributed by atoms with Gasteiger partial charge in [0.05, 0.1) is 30.8 Å². The number of H-pyrrole nitrogens is 1. The molecule has 0 unspecified atom stereocenters. The molecule has 1 aromatic carbocycles. The Bertz CT molecular complexity index is 1460. The van der Waals surface area contributed by atoms with E-state index in [-0.39, 0.29) is 5.56 Å². The Labute approximate surface area is 196 Å². The quantitative estimate of drug-likeness (QED) is 0.481. The number of ether oxygens (including phenoxy) is 1. The van der Waals surface area contributed by atoms with Gasteiger partial charge in [0, 0.05) is 55.7 Å². The average Bonchev–Trinajstić information content (AvgIpc) is 3.33. The highest BCUT2D eigenvalue weighted by atomic mass is 16.5. The van der Waals surface area contributed by atoms with Gasteiger partial charge in [0.25, 0.3) is 5.56 Å². The van der Waals surface area contributed by atoms with Crippen LogP contribution in [0.4, 0.5) is 11.5 Å². The molecule has 0 aliphatic carbocycles. The van der Waals surface area contributed by atoms with Crippen molar-refractivity contribution in [3.05, 3.63) is 82.0 Å². The highest BCUT2D eigenvalue weighted by molar-refractivity contribution is 5.95. The van der Waals surface area contributed by atoms with Crippen LogP contribution in [0.25, 0.3) is 22.0 Å². The van der Waals surface area contributed by atoms with Crippen molar-refractivity contribution < 1.29 is 4.74 Å². The van der Waals surface area contributed by atoms with E-state index in [1.54, 1.807) is 6.20 Å². The predicted molar refractivity (Wildman–Crippen MR) is 133 cm³/mol. The van der Waals surface area contributed by atoms with Crippen molar-refractivity contribution in [2.75, 3.05) is 31.6 Å². The Morgan fingerprint density at radius 2 is 2.00 bits per heavy atom. The van der Waals surface area contributed by atoms with E-state index in [1.807, 2.05) is 42.9 Å². The van der Waals surface area contributed by atoms with E-state index >= 15 is 0 Å². The zero-order valence-electron chi connectivity index (χ0n) is 18.6. The van der Waals surface area contributed by atoms with E-state index in [9.17, 15) is 4.79 Å².